The predicted octanol–water partition coefficient (Wildman–Crippen LogP) is 4.32. The average molecular weight is 570 g/mol. The number of halogens is 1. The van der Waals surface area contributed by atoms with Gasteiger partial charge in [-0.1, -0.05) is 31.4 Å². The molecule has 2 aromatic carbocycles. The van der Waals surface area contributed by atoms with Crippen LogP contribution >= 0.6 is 0 Å². The Kier molecular flexibility index (Phi) is 8.50. The van der Waals surface area contributed by atoms with Crippen LogP contribution in [-0.4, -0.2) is 68.9 Å². The quantitative estimate of drug-likeness (QED) is 0.560. The Bertz CT molecular complexity index is 1290. The van der Waals surface area contributed by atoms with Gasteiger partial charge in [0.05, 0.1) is 16.9 Å². The smallest absolute Gasteiger partial charge is 0.253 e. The summed E-state index contributed by atoms with van der Waals surface area (Å²) < 4.78 is 37.3. The van der Waals surface area contributed by atoms with Crippen molar-refractivity contribution in [2.75, 3.05) is 42.6 Å². The van der Waals surface area contributed by atoms with Gasteiger partial charge >= 0.3 is 0 Å². The third-order valence-corrected chi connectivity index (χ3v) is 10.9. The van der Waals surface area contributed by atoms with Gasteiger partial charge in [0.2, 0.25) is 5.91 Å². The summed E-state index contributed by atoms with van der Waals surface area (Å²) in [6.07, 6.45) is 6.84. The lowest BCUT2D eigenvalue weighted by atomic mass is 9.71. The van der Waals surface area contributed by atoms with Crippen LogP contribution in [-0.2, 0) is 20.0 Å². The number of likely N-dealkylation sites (tertiary alicyclic amines) is 1. The number of benzene rings is 2. The molecule has 5 rings (SSSR count). The summed E-state index contributed by atoms with van der Waals surface area (Å²) >= 11 is 0. The molecule has 1 atom stereocenters. The lowest BCUT2D eigenvalue weighted by Crippen LogP contribution is -2.55. The van der Waals surface area contributed by atoms with Crippen LogP contribution < -0.4 is 10.2 Å². The Labute approximate surface area is 237 Å². The number of anilines is 1. The lowest BCUT2D eigenvalue weighted by Gasteiger charge is -2.42. The predicted molar refractivity (Wildman–Crippen MR) is 155 cm³/mol. The maximum absolute atomic E-state index is 13.9. The summed E-state index contributed by atoms with van der Waals surface area (Å²) in [5, 5.41) is 3.31. The molecule has 3 aliphatic rings. The van der Waals surface area contributed by atoms with Crippen molar-refractivity contribution in [1.29, 1.82) is 0 Å². The van der Waals surface area contributed by atoms with Crippen molar-refractivity contribution in [2.24, 2.45) is 5.92 Å². The molecular weight excluding hydrogens is 529 g/mol. The number of piperidine rings is 1. The van der Waals surface area contributed by atoms with Crippen molar-refractivity contribution in [2.45, 2.75) is 63.3 Å². The van der Waals surface area contributed by atoms with Gasteiger partial charge in [-0.15, -0.1) is 0 Å². The maximum atomic E-state index is 13.9. The van der Waals surface area contributed by atoms with Crippen molar-refractivity contribution in [1.82, 2.24) is 10.2 Å². The highest BCUT2D eigenvalue weighted by Gasteiger charge is 2.44. The molecule has 1 aliphatic carbocycles. The van der Waals surface area contributed by atoms with E-state index in [1.807, 2.05) is 17.0 Å². The zero-order chi connectivity index (χ0) is 28.3. The lowest BCUT2D eigenvalue weighted by molar-refractivity contribution is -0.129. The van der Waals surface area contributed by atoms with Gasteiger partial charge in [0.15, 0.2) is 9.84 Å². The van der Waals surface area contributed by atoms with Crippen LogP contribution in [0.3, 0.4) is 0 Å². The van der Waals surface area contributed by atoms with Gasteiger partial charge in [0.25, 0.3) is 5.91 Å². The summed E-state index contributed by atoms with van der Waals surface area (Å²) in [6.45, 7) is 3.85. The molecule has 0 spiro atoms. The number of sulfone groups is 1. The standard InChI is InChI=1S/C31H40FN3O4S/c1-23(24-5-3-2-4-6-24)33-30(37)31(26-9-11-27(32)12-10-26)15-17-35(18-16-31)29(36)25-7-13-28(14-8-25)34-19-21-40(38,39)22-20-34/h7-14,23-24H,2-6,15-22H2,1H3,(H,33,37). The number of amides is 2. The Balaban J connectivity index is 1.27. The highest BCUT2D eigenvalue weighted by atomic mass is 32.2. The molecule has 3 fully saturated rings. The van der Waals surface area contributed by atoms with E-state index in [2.05, 4.69) is 12.2 Å². The Morgan fingerprint density at radius 1 is 0.900 bits per heavy atom. The third-order valence-electron chi connectivity index (χ3n) is 9.28. The van der Waals surface area contributed by atoms with Crippen LogP contribution in [0.15, 0.2) is 48.5 Å². The number of nitrogens with one attached hydrogen (secondary N) is 1. The molecule has 2 saturated heterocycles. The molecule has 2 aliphatic heterocycles. The molecule has 40 heavy (non-hydrogen) atoms. The van der Waals surface area contributed by atoms with Gasteiger partial charge in [-0.2, -0.15) is 0 Å². The first-order chi connectivity index (χ1) is 19.2. The zero-order valence-electron chi connectivity index (χ0n) is 23.3. The Morgan fingerprint density at radius 2 is 1.50 bits per heavy atom. The van der Waals surface area contributed by atoms with Gasteiger partial charge in [-0.25, -0.2) is 12.8 Å². The number of carbonyl (C=O) groups is 2. The van der Waals surface area contributed by atoms with Crippen molar-refractivity contribution in [3.05, 3.63) is 65.5 Å². The molecule has 2 heterocycles. The minimum atomic E-state index is -2.96. The summed E-state index contributed by atoms with van der Waals surface area (Å²) in [4.78, 5) is 31.1. The zero-order valence-corrected chi connectivity index (χ0v) is 24.1. The molecule has 1 unspecified atom stereocenters. The fourth-order valence-corrected chi connectivity index (χ4v) is 7.77. The van der Waals surface area contributed by atoms with Crippen molar-refractivity contribution < 1.29 is 22.4 Å². The van der Waals surface area contributed by atoms with E-state index in [-0.39, 0.29) is 35.2 Å². The van der Waals surface area contributed by atoms with Gasteiger partial charge in [-0.3, -0.25) is 9.59 Å². The molecule has 9 heteroatoms. The van der Waals surface area contributed by atoms with Gasteiger partial charge < -0.3 is 15.1 Å². The topological polar surface area (TPSA) is 86.8 Å². The van der Waals surface area contributed by atoms with Crippen molar-refractivity contribution in [3.8, 4) is 0 Å². The molecule has 216 valence electrons. The van der Waals surface area contributed by atoms with E-state index in [4.69, 9.17) is 0 Å². The maximum Gasteiger partial charge on any atom is 0.253 e. The molecule has 1 saturated carbocycles. The number of carbonyl (C=O) groups excluding carboxylic acids is 2. The molecule has 2 aromatic rings. The molecule has 7 nitrogen and oxygen atoms in total. The molecule has 0 radical (unpaired) electrons. The monoisotopic (exact) mass is 569 g/mol. The van der Waals surface area contributed by atoms with E-state index >= 15 is 0 Å². The van der Waals surface area contributed by atoms with E-state index in [0.717, 1.165) is 24.1 Å². The normalized spacial score (nSPS) is 21.9. The van der Waals surface area contributed by atoms with Crippen LogP contribution in [0.5, 0.6) is 0 Å². The fraction of sp³-hybridized carbons (Fsp3) is 0.548. The molecule has 0 bridgehead atoms. The number of rotatable bonds is 6. The van der Waals surface area contributed by atoms with Gasteiger partial charge in [0.1, 0.15) is 5.82 Å². The third kappa shape index (κ3) is 6.19. The van der Waals surface area contributed by atoms with Crippen LogP contribution in [0.4, 0.5) is 10.1 Å². The summed E-state index contributed by atoms with van der Waals surface area (Å²) in [5.74, 6) is 0.307. The minimum Gasteiger partial charge on any atom is -0.369 e. The number of hydrogen-bond acceptors (Lipinski definition) is 5. The summed E-state index contributed by atoms with van der Waals surface area (Å²) in [5.41, 5.74) is 1.45. The average Bonchev–Trinajstić information content (AvgIpc) is 2.98. The molecule has 0 aromatic heterocycles. The first kappa shape index (κ1) is 28.6. The van der Waals surface area contributed by atoms with Crippen molar-refractivity contribution >= 4 is 27.3 Å². The van der Waals surface area contributed by atoms with Gasteiger partial charge in [-0.05, 0) is 80.5 Å². The second-order valence-electron chi connectivity index (χ2n) is 11.7. The molecular formula is C31H40FN3O4S. The van der Waals surface area contributed by atoms with Crippen LogP contribution in [0.25, 0.3) is 0 Å². The van der Waals surface area contributed by atoms with E-state index < -0.39 is 15.3 Å². The highest BCUT2D eigenvalue weighted by Crippen LogP contribution is 2.37. The Morgan fingerprint density at radius 3 is 2.10 bits per heavy atom. The van der Waals surface area contributed by atoms with Crippen molar-refractivity contribution in [3.63, 3.8) is 0 Å². The van der Waals surface area contributed by atoms with Gasteiger partial charge in [0, 0.05) is 43.5 Å². The second-order valence-corrected chi connectivity index (χ2v) is 14.0. The molecule has 1 N–H and O–H groups in total. The van der Waals surface area contributed by atoms with Crippen LogP contribution in [0.2, 0.25) is 0 Å². The van der Waals surface area contributed by atoms with Crippen LogP contribution in [0, 0.1) is 11.7 Å². The van der Waals surface area contributed by atoms with Crippen LogP contribution in [0.1, 0.15) is 67.8 Å². The highest BCUT2D eigenvalue weighted by molar-refractivity contribution is 7.91. The fourth-order valence-electron chi connectivity index (χ4n) is 6.57. The summed E-state index contributed by atoms with van der Waals surface area (Å²) in [7, 11) is -2.96. The minimum absolute atomic E-state index is 0.0304. The first-order valence-electron chi connectivity index (χ1n) is 14.6. The molecule has 2 amide bonds. The van der Waals surface area contributed by atoms with E-state index in [1.54, 1.807) is 29.2 Å². The second kappa shape index (κ2) is 11.9. The first-order valence-corrected chi connectivity index (χ1v) is 16.4. The SMILES string of the molecule is CC(NC(=O)C1(c2ccc(F)cc2)CCN(C(=O)c2ccc(N3CCS(=O)(=O)CC3)cc2)CC1)C1CCCCC1. The number of nitrogens with zero attached hydrogens (tertiary/aromatic N) is 2. The largest absolute Gasteiger partial charge is 0.369 e. The Hall–Kier alpha value is -2.94. The van der Waals surface area contributed by atoms with E-state index in [9.17, 15) is 22.4 Å². The summed E-state index contributed by atoms with van der Waals surface area (Å²) in [6, 6.07) is 13.6. The van der Waals surface area contributed by atoms with E-state index in [0.29, 0.717) is 50.5 Å². The van der Waals surface area contributed by atoms with E-state index in [1.165, 1.54) is 31.4 Å². The number of hydrogen-bond donors (Lipinski definition) is 1.